The van der Waals surface area contributed by atoms with Crippen molar-refractivity contribution in [2.45, 2.75) is 0 Å². The van der Waals surface area contributed by atoms with E-state index >= 15 is 0 Å². The topological polar surface area (TPSA) is 68.4 Å². The number of nitrogens with zero attached hydrogens (tertiary/aromatic N) is 3. The summed E-state index contributed by atoms with van der Waals surface area (Å²) in [7, 11) is 0. The molecule has 0 aliphatic rings. The van der Waals surface area contributed by atoms with Crippen LogP contribution in [0.2, 0.25) is 0 Å². The summed E-state index contributed by atoms with van der Waals surface area (Å²) >= 11 is 4.82. The van der Waals surface area contributed by atoms with Gasteiger partial charge in [0.25, 0.3) is 5.69 Å². The SMILES string of the molecule is O=[N+]([O-])c1cccc(C=Nc2nc(-c3ccc(Br)cc3)cs2)c1. The van der Waals surface area contributed by atoms with Crippen LogP contribution in [-0.2, 0) is 0 Å². The Balaban J connectivity index is 1.80. The third-order valence-electron chi connectivity index (χ3n) is 3.04. The first-order valence-corrected chi connectivity index (χ1v) is 8.29. The average molecular weight is 388 g/mol. The van der Waals surface area contributed by atoms with E-state index in [2.05, 4.69) is 25.9 Å². The third-order valence-corrected chi connectivity index (χ3v) is 4.31. The van der Waals surface area contributed by atoms with Crippen molar-refractivity contribution >= 4 is 44.3 Å². The van der Waals surface area contributed by atoms with Crippen molar-refractivity contribution in [3.63, 3.8) is 0 Å². The van der Waals surface area contributed by atoms with Crippen LogP contribution < -0.4 is 0 Å². The van der Waals surface area contributed by atoms with E-state index in [0.29, 0.717) is 10.7 Å². The fourth-order valence-electron chi connectivity index (χ4n) is 1.93. The van der Waals surface area contributed by atoms with Gasteiger partial charge in [-0.2, -0.15) is 0 Å². The van der Waals surface area contributed by atoms with Gasteiger partial charge in [-0.3, -0.25) is 10.1 Å². The molecule has 0 fully saturated rings. The zero-order chi connectivity index (χ0) is 16.2. The lowest BCUT2D eigenvalue weighted by molar-refractivity contribution is -0.384. The quantitative estimate of drug-likeness (QED) is 0.349. The van der Waals surface area contributed by atoms with E-state index in [9.17, 15) is 10.1 Å². The zero-order valence-electron chi connectivity index (χ0n) is 11.7. The molecule has 0 amide bonds. The highest BCUT2D eigenvalue weighted by atomic mass is 79.9. The Morgan fingerprint density at radius 3 is 2.74 bits per heavy atom. The van der Waals surface area contributed by atoms with Crippen LogP contribution in [0.25, 0.3) is 11.3 Å². The lowest BCUT2D eigenvalue weighted by Crippen LogP contribution is -1.89. The standard InChI is InChI=1S/C16H10BrN3O2S/c17-13-6-4-12(5-7-13)15-10-23-16(19-15)18-9-11-2-1-3-14(8-11)20(21)22/h1-10H. The number of nitro benzene ring substituents is 1. The molecule has 23 heavy (non-hydrogen) atoms. The summed E-state index contributed by atoms with van der Waals surface area (Å²) in [6.45, 7) is 0. The predicted molar refractivity (Wildman–Crippen MR) is 95.6 cm³/mol. The molecule has 2 aromatic carbocycles. The maximum atomic E-state index is 10.8. The molecule has 1 aromatic heterocycles. The van der Waals surface area contributed by atoms with Crippen molar-refractivity contribution in [2.24, 2.45) is 4.99 Å². The molecular formula is C16H10BrN3O2S. The van der Waals surface area contributed by atoms with Gasteiger partial charge in [-0.1, -0.05) is 40.2 Å². The van der Waals surface area contributed by atoms with E-state index < -0.39 is 4.92 Å². The Hall–Kier alpha value is -2.38. The number of aliphatic imine (C=N–C) groups is 1. The number of nitro groups is 1. The number of benzene rings is 2. The van der Waals surface area contributed by atoms with Gasteiger partial charge >= 0.3 is 0 Å². The second-order valence-electron chi connectivity index (χ2n) is 4.63. The van der Waals surface area contributed by atoms with Crippen LogP contribution in [0, 0.1) is 10.1 Å². The molecule has 0 saturated carbocycles. The van der Waals surface area contributed by atoms with Gasteiger partial charge in [-0.25, -0.2) is 9.98 Å². The molecule has 5 nitrogen and oxygen atoms in total. The Kier molecular flexibility index (Phi) is 4.59. The van der Waals surface area contributed by atoms with Crippen molar-refractivity contribution in [1.82, 2.24) is 4.98 Å². The first-order chi connectivity index (χ1) is 11.1. The number of thiazole rings is 1. The van der Waals surface area contributed by atoms with Crippen LogP contribution in [-0.4, -0.2) is 16.1 Å². The highest BCUT2D eigenvalue weighted by Crippen LogP contribution is 2.27. The van der Waals surface area contributed by atoms with E-state index in [1.54, 1.807) is 18.3 Å². The van der Waals surface area contributed by atoms with Crippen molar-refractivity contribution in [3.05, 3.63) is 74.1 Å². The normalized spacial score (nSPS) is 11.0. The summed E-state index contributed by atoms with van der Waals surface area (Å²) in [4.78, 5) is 19.1. The molecule has 7 heteroatoms. The molecule has 1 heterocycles. The highest BCUT2D eigenvalue weighted by Gasteiger charge is 2.05. The van der Waals surface area contributed by atoms with Gasteiger partial charge < -0.3 is 0 Å². The number of rotatable bonds is 4. The monoisotopic (exact) mass is 387 g/mol. The molecule has 0 aliphatic carbocycles. The number of non-ortho nitro benzene ring substituents is 1. The van der Waals surface area contributed by atoms with Crippen LogP contribution in [0.1, 0.15) is 5.56 Å². The van der Waals surface area contributed by atoms with Crippen LogP contribution in [0.3, 0.4) is 0 Å². The van der Waals surface area contributed by atoms with E-state index in [1.165, 1.54) is 23.5 Å². The second kappa shape index (κ2) is 6.80. The van der Waals surface area contributed by atoms with Gasteiger partial charge in [-0.05, 0) is 17.7 Å². The van der Waals surface area contributed by atoms with Crippen molar-refractivity contribution in [1.29, 1.82) is 0 Å². The van der Waals surface area contributed by atoms with Crippen molar-refractivity contribution < 1.29 is 4.92 Å². The van der Waals surface area contributed by atoms with Gasteiger partial charge in [0, 0.05) is 33.8 Å². The fourth-order valence-corrected chi connectivity index (χ4v) is 2.86. The van der Waals surface area contributed by atoms with E-state index in [-0.39, 0.29) is 5.69 Å². The number of hydrogen-bond acceptors (Lipinski definition) is 5. The minimum absolute atomic E-state index is 0.0450. The first kappa shape index (κ1) is 15.5. The Morgan fingerprint density at radius 1 is 1.22 bits per heavy atom. The summed E-state index contributed by atoms with van der Waals surface area (Å²) in [6, 6.07) is 14.2. The van der Waals surface area contributed by atoms with Gasteiger partial charge in [-0.15, -0.1) is 11.3 Å². The largest absolute Gasteiger partial charge is 0.270 e. The van der Waals surface area contributed by atoms with Crippen LogP contribution >= 0.6 is 27.3 Å². The van der Waals surface area contributed by atoms with E-state index in [1.807, 2.05) is 29.6 Å². The molecule has 0 bridgehead atoms. The van der Waals surface area contributed by atoms with Crippen LogP contribution in [0.15, 0.2) is 63.4 Å². The fraction of sp³-hybridized carbons (Fsp3) is 0. The summed E-state index contributed by atoms with van der Waals surface area (Å²) in [5.41, 5.74) is 2.58. The van der Waals surface area contributed by atoms with Gasteiger partial charge in [0.05, 0.1) is 10.6 Å². The molecule has 0 atom stereocenters. The van der Waals surface area contributed by atoms with Gasteiger partial charge in [0.15, 0.2) is 0 Å². The maximum absolute atomic E-state index is 10.8. The second-order valence-corrected chi connectivity index (χ2v) is 6.38. The Bertz CT molecular complexity index is 875. The molecule has 114 valence electrons. The smallest absolute Gasteiger partial charge is 0.258 e. The lowest BCUT2D eigenvalue weighted by atomic mass is 10.2. The summed E-state index contributed by atoms with van der Waals surface area (Å²) < 4.78 is 1.01. The van der Waals surface area contributed by atoms with Crippen molar-refractivity contribution in [3.8, 4) is 11.3 Å². The Labute approximate surface area is 144 Å². The molecule has 0 aliphatic heterocycles. The number of aromatic nitrogens is 1. The highest BCUT2D eigenvalue weighted by molar-refractivity contribution is 9.10. The minimum Gasteiger partial charge on any atom is -0.258 e. The predicted octanol–water partition coefficient (Wildman–Crippen LogP) is 5.23. The number of halogens is 1. The van der Waals surface area contributed by atoms with E-state index in [0.717, 1.165) is 15.7 Å². The molecule has 0 saturated heterocycles. The Morgan fingerprint density at radius 2 is 2.00 bits per heavy atom. The molecule has 0 N–H and O–H groups in total. The maximum Gasteiger partial charge on any atom is 0.270 e. The molecule has 0 radical (unpaired) electrons. The summed E-state index contributed by atoms with van der Waals surface area (Å²) in [5.74, 6) is 0. The third kappa shape index (κ3) is 3.88. The lowest BCUT2D eigenvalue weighted by Gasteiger charge is -1.95. The average Bonchev–Trinajstić information content (AvgIpc) is 3.03. The zero-order valence-corrected chi connectivity index (χ0v) is 14.1. The molecule has 0 spiro atoms. The molecular weight excluding hydrogens is 378 g/mol. The van der Waals surface area contributed by atoms with Crippen molar-refractivity contribution in [2.75, 3.05) is 0 Å². The van der Waals surface area contributed by atoms with Crippen LogP contribution in [0.4, 0.5) is 10.8 Å². The van der Waals surface area contributed by atoms with Crippen LogP contribution in [0.5, 0.6) is 0 Å². The van der Waals surface area contributed by atoms with Gasteiger partial charge in [0.2, 0.25) is 5.13 Å². The first-order valence-electron chi connectivity index (χ1n) is 6.62. The number of hydrogen-bond donors (Lipinski definition) is 0. The summed E-state index contributed by atoms with van der Waals surface area (Å²) in [6.07, 6.45) is 1.58. The molecule has 0 unspecified atom stereocenters. The molecule has 3 rings (SSSR count). The van der Waals surface area contributed by atoms with E-state index in [4.69, 9.17) is 0 Å². The van der Waals surface area contributed by atoms with Gasteiger partial charge in [0.1, 0.15) is 0 Å². The minimum atomic E-state index is -0.424. The summed E-state index contributed by atoms with van der Waals surface area (Å²) in [5, 5.41) is 13.3. The molecule has 3 aromatic rings.